The van der Waals surface area contributed by atoms with E-state index < -0.39 is 0 Å². The Morgan fingerprint density at radius 3 is 2.35 bits per heavy atom. The van der Waals surface area contributed by atoms with Crippen LogP contribution in [0.4, 0.5) is 5.69 Å². The molecule has 0 unspecified atom stereocenters. The molecule has 5 heteroatoms. The highest BCUT2D eigenvalue weighted by atomic mass is 35.5. The van der Waals surface area contributed by atoms with E-state index in [0.717, 1.165) is 42.0 Å². The van der Waals surface area contributed by atoms with E-state index >= 15 is 0 Å². The lowest BCUT2D eigenvalue weighted by molar-refractivity contribution is 0.705. The molecule has 0 fully saturated rings. The highest BCUT2D eigenvalue weighted by Crippen LogP contribution is 2.30. The summed E-state index contributed by atoms with van der Waals surface area (Å²) in [4.78, 5) is 4.83. The molecule has 2 aromatic carbocycles. The third-order valence-corrected chi connectivity index (χ3v) is 5.00. The van der Waals surface area contributed by atoms with Gasteiger partial charge in [0, 0.05) is 17.8 Å². The van der Waals surface area contributed by atoms with Gasteiger partial charge in [-0.05, 0) is 55.3 Å². The van der Waals surface area contributed by atoms with Gasteiger partial charge in [0.05, 0.1) is 21.4 Å². The number of nitrogens with two attached hydrogens (primary N) is 1. The molecular formula is C21H21Cl2N3. The lowest BCUT2D eigenvalue weighted by Crippen LogP contribution is -2.24. The van der Waals surface area contributed by atoms with E-state index in [4.69, 9.17) is 33.9 Å². The number of benzene rings is 2. The van der Waals surface area contributed by atoms with Crippen LogP contribution in [0.2, 0.25) is 10.0 Å². The van der Waals surface area contributed by atoms with Crippen molar-refractivity contribution >= 4 is 34.6 Å². The fourth-order valence-electron chi connectivity index (χ4n) is 2.92. The van der Waals surface area contributed by atoms with Gasteiger partial charge < -0.3 is 11.1 Å². The Labute approximate surface area is 164 Å². The smallest absolute Gasteiger partial charge is 0.0789 e. The lowest BCUT2D eigenvalue weighted by Gasteiger charge is -2.19. The van der Waals surface area contributed by atoms with Crippen LogP contribution in [0.5, 0.6) is 0 Å². The van der Waals surface area contributed by atoms with Crippen molar-refractivity contribution in [2.45, 2.75) is 13.3 Å². The number of halogens is 2. The number of allylic oxidation sites excluding steroid dienone is 2. The summed E-state index contributed by atoms with van der Waals surface area (Å²) in [5, 5.41) is 4.41. The molecule has 0 aromatic heterocycles. The molecule has 2 aromatic rings. The highest BCUT2D eigenvalue weighted by Gasteiger charge is 2.18. The number of nitrogens with zero attached hydrogens (tertiary/aromatic N) is 1. The average molecular weight is 386 g/mol. The Hall–Kier alpha value is -2.07. The Bertz CT molecular complexity index is 863. The predicted octanol–water partition coefficient (Wildman–Crippen LogP) is 5.27. The monoisotopic (exact) mass is 385 g/mol. The zero-order valence-electron chi connectivity index (χ0n) is 14.6. The molecule has 0 saturated heterocycles. The van der Waals surface area contributed by atoms with E-state index in [1.807, 2.05) is 55.5 Å². The standard InChI is InChI=1S/C21H21Cl2N3/c1-14(20(24)15-10-12-25-13-11-15)21(26-16-6-3-2-4-7-16)19-17(22)8-5-9-18(19)23/h2-10,25H,11-13,24H2,1H3/b20-14-,26-21?. The molecule has 3 N–H and O–H groups in total. The summed E-state index contributed by atoms with van der Waals surface area (Å²) in [5.74, 6) is 0. The van der Waals surface area contributed by atoms with Crippen LogP contribution in [-0.4, -0.2) is 18.8 Å². The molecule has 134 valence electrons. The maximum absolute atomic E-state index is 6.50. The summed E-state index contributed by atoms with van der Waals surface area (Å²) in [6.45, 7) is 3.71. The second kappa shape index (κ2) is 8.54. The van der Waals surface area contributed by atoms with Crippen LogP contribution in [0.25, 0.3) is 0 Å². The minimum absolute atomic E-state index is 0.554. The summed E-state index contributed by atoms with van der Waals surface area (Å²) in [7, 11) is 0. The van der Waals surface area contributed by atoms with Crippen molar-refractivity contribution in [2.75, 3.05) is 13.1 Å². The molecule has 0 spiro atoms. The summed E-state index contributed by atoms with van der Waals surface area (Å²) in [6, 6.07) is 15.2. The molecule has 26 heavy (non-hydrogen) atoms. The Morgan fingerprint density at radius 1 is 1.04 bits per heavy atom. The van der Waals surface area contributed by atoms with E-state index in [1.165, 1.54) is 0 Å². The van der Waals surface area contributed by atoms with Gasteiger partial charge in [-0.3, -0.25) is 0 Å². The quantitative estimate of drug-likeness (QED) is 0.704. The molecule has 0 amide bonds. The zero-order valence-corrected chi connectivity index (χ0v) is 16.1. The van der Waals surface area contributed by atoms with Crippen LogP contribution in [0, 0.1) is 0 Å². The van der Waals surface area contributed by atoms with Crippen LogP contribution in [0.15, 0.2) is 76.4 Å². The predicted molar refractivity (Wildman–Crippen MR) is 112 cm³/mol. The molecule has 1 aliphatic rings. The van der Waals surface area contributed by atoms with Gasteiger partial charge in [-0.2, -0.15) is 0 Å². The Kier molecular flexibility index (Phi) is 6.15. The van der Waals surface area contributed by atoms with Crippen LogP contribution in [-0.2, 0) is 0 Å². The molecule has 0 atom stereocenters. The topological polar surface area (TPSA) is 50.4 Å². The van der Waals surface area contributed by atoms with Crippen LogP contribution in [0.3, 0.4) is 0 Å². The summed E-state index contributed by atoms with van der Waals surface area (Å²) in [6.07, 6.45) is 3.01. The minimum atomic E-state index is 0.554. The number of hydrogen-bond acceptors (Lipinski definition) is 3. The van der Waals surface area contributed by atoms with E-state index in [-0.39, 0.29) is 0 Å². The fraction of sp³-hybridized carbons (Fsp3) is 0.190. The van der Waals surface area contributed by atoms with Gasteiger partial charge in [-0.25, -0.2) is 4.99 Å². The van der Waals surface area contributed by atoms with Gasteiger partial charge in [0.15, 0.2) is 0 Å². The van der Waals surface area contributed by atoms with Gasteiger partial charge in [0.25, 0.3) is 0 Å². The lowest BCUT2D eigenvalue weighted by atomic mass is 9.96. The van der Waals surface area contributed by atoms with Gasteiger partial charge >= 0.3 is 0 Å². The zero-order chi connectivity index (χ0) is 18.5. The highest BCUT2D eigenvalue weighted by molar-refractivity contribution is 6.41. The molecule has 1 aliphatic heterocycles. The molecule has 3 rings (SSSR count). The van der Waals surface area contributed by atoms with Crippen molar-refractivity contribution in [2.24, 2.45) is 10.7 Å². The Balaban J connectivity index is 2.18. The van der Waals surface area contributed by atoms with Gasteiger partial charge in [0.2, 0.25) is 0 Å². The molecule has 0 radical (unpaired) electrons. The molecule has 0 aliphatic carbocycles. The first kappa shape index (κ1) is 18.7. The number of hydrogen-bond donors (Lipinski definition) is 2. The summed E-state index contributed by atoms with van der Waals surface area (Å²) >= 11 is 12.9. The van der Waals surface area contributed by atoms with E-state index in [0.29, 0.717) is 21.3 Å². The number of aliphatic imine (C=N–C) groups is 1. The third kappa shape index (κ3) is 4.18. The molecule has 0 saturated carbocycles. The molecular weight excluding hydrogens is 365 g/mol. The molecule has 3 nitrogen and oxygen atoms in total. The van der Waals surface area contributed by atoms with E-state index in [2.05, 4.69) is 11.4 Å². The maximum Gasteiger partial charge on any atom is 0.0789 e. The first-order chi connectivity index (χ1) is 12.6. The average Bonchev–Trinajstić information content (AvgIpc) is 2.67. The summed E-state index contributed by atoms with van der Waals surface area (Å²) < 4.78 is 0. The normalized spacial score (nSPS) is 16.1. The SMILES string of the molecule is C/C(C(=Nc1ccccc1)c1c(Cl)cccc1Cl)=C(/N)C1=CCNCC1. The van der Waals surface area contributed by atoms with Gasteiger partial charge in [0.1, 0.15) is 0 Å². The number of nitrogens with one attached hydrogen (secondary N) is 1. The maximum atomic E-state index is 6.50. The van der Waals surface area contributed by atoms with Crippen molar-refractivity contribution in [1.29, 1.82) is 0 Å². The second-order valence-corrected chi connectivity index (χ2v) is 6.93. The molecule has 1 heterocycles. The number of para-hydroxylation sites is 1. The van der Waals surface area contributed by atoms with E-state index in [9.17, 15) is 0 Å². The van der Waals surface area contributed by atoms with Crippen LogP contribution >= 0.6 is 23.2 Å². The largest absolute Gasteiger partial charge is 0.398 e. The minimum Gasteiger partial charge on any atom is -0.398 e. The fourth-order valence-corrected chi connectivity index (χ4v) is 3.49. The third-order valence-electron chi connectivity index (χ3n) is 4.37. The van der Waals surface area contributed by atoms with Crippen LogP contribution in [0.1, 0.15) is 18.9 Å². The first-order valence-electron chi connectivity index (χ1n) is 8.53. The number of rotatable bonds is 4. The van der Waals surface area contributed by atoms with Crippen molar-refractivity contribution in [1.82, 2.24) is 5.32 Å². The van der Waals surface area contributed by atoms with Crippen molar-refractivity contribution in [3.8, 4) is 0 Å². The van der Waals surface area contributed by atoms with Crippen molar-refractivity contribution in [3.63, 3.8) is 0 Å². The Morgan fingerprint density at radius 2 is 1.73 bits per heavy atom. The van der Waals surface area contributed by atoms with Gasteiger partial charge in [-0.1, -0.05) is 53.5 Å². The van der Waals surface area contributed by atoms with Crippen molar-refractivity contribution < 1.29 is 0 Å². The van der Waals surface area contributed by atoms with Gasteiger partial charge in [-0.15, -0.1) is 0 Å². The second-order valence-electron chi connectivity index (χ2n) is 6.11. The van der Waals surface area contributed by atoms with E-state index in [1.54, 1.807) is 0 Å². The first-order valence-corrected chi connectivity index (χ1v) is 9.28. The molecule has 0 bridgehead atoms. The van der Waals surface area contributed by atoms with Crippen LogP contribution < -0.4 is 11.1 Å². The summed E-state index contributed by atoms with van der Waals surface area (Å²) in [5.41, 5.74) is 11.5. The van der Waals surface area contributed by atoms with Crippen molar-refractivity contribution in [3.05, 3.63) is 87.1 Å².